The van der Waals surface area contributed by atoms with E-state index in [9.17, 15) is 10.3 Å². The number of aliphatic hydroxyl groups excluding tert-OH is 1. The van der Waals surface area contributed by atoms with E-state index in [2.05, 4.69) is 19.0 Å². The molecule has 4 aliphatic carbocycles. The first-order valence-electron chi connectivity index (χ1n) is 9.40. The minimum Gasteiger partial charge on any atom is -0.411 e. The number of rotatable bonds is 0. The second-order valence-electron chi connectivity index (χ2n) is 9.10. The van der Waals surface area contributed by atoms with Gasteiger partial charge in [-0.3, -0.25) is 0 Å². The first-order valence-corrected chi connectivity index (χ1v) is 9.40. The van der Waals surface area contributed by atoms with Gasteiger partial charge >= 0.3 is 0 Å². The van der Waals surface area contributed by atoms with E-state index in [1.165, 1.54) is 38.5 Å². The molecule has 3 heteroatoms. The summed E-state index contributed by atoms with van der Waals surface area (Å²) in [5, 5.41) is 24.1. The molecule has 0 aliphatic heterocycles. The average Bonchev–Trinajstić information content (AvgIpc) is 2.82. The third-order valence-corrected chi connectivity index (χ3v) is 8.38. The molecular formula is C19H31NO2. The van der Waals surface area contributed by atoms with Crippen molar-refractivity contribution in [1.29, 1.82) is 0 Å². The van der Waals surface area contributed by atoms with Crippen LogP contribution in [0, 0.1) is 34.5 Å². The summed E-state index contributed by atoms with van der Waals surface area (Å²) in [6.07, 6.45) is 10.7. The maximum absolute atomic E-state index is 11.1. The quantitative estimate of drug-likeness (QED) is 0.520. The third-order valence-electron chi connectivity index (χ3n) is 8.38. The summed E-state index contributed by atoms with van der Waals surface area (Å²) < 4.78 is 0. The molecule has 2 N–H and O–H groups in total. The van der Waals surface area contributed by atoms with Crippen molar-refractivity contribution in [2.75, 3.05) is 0 Å². The van der Waals surface area contributed by atoms with E-state index in [-0.39, 0.29) is 11.5 Å². The van der Waals surface area contributed by atoms with Gasteiger partial charge in [0.1, 0.15) is 0 Å². The van der Waals surface area contributed by atoms with Crippen molar-refractivity contribution in [3.8, 4) is 0 Å². The van der Waals surface area contributed by atoms with Gasteiger partial charge in [0.2, 0.25) is 0 Å². The molecule has 0 bridgehead atoms. The van der Waals surface area contributed by atoms with E-state index in [4.69, 9.17) is 0 Å². The fourth-order valence-corrected chi connectivity index (χ4v) is 7.37. The van der Waals surface area contributed by atoms with Crippen molar-refractivity contribution in [2.24, 2.45) is 39.7 Å². The van der Waals surface area contributed by atoms with Gasteiger partial charge in [0.05, 0.1) is 11.8 Å². The standard InChI is InChI=1S/C19H31NO2/c1-18-10-4-3-5-12(18)6-7-13-14-8-9-16(20-22)19(14,2)11-15(21)17(13)18/h12-15,17,21-22H,3-11H2,1-2H3/b20-16+/t12-,13-,14-,15+,17+,18-,19-/m0/s1. The minimum absolute atomic E-state index is 0.0623. The first-order chi connectivity index (χ1) is 10.5. The molecule has 4 aliphatic rings. The van der Waals surface area contributed by atoms with Crippen LogP contribution in [-0.2, 0) is 0 Å². The SMILES string of the molecule is C[C@]12CCCC[C@H]1CC[C@@H]1[C@@H]2[C@H](O)C[C@]2(C)/C(=N/O)CC[C@@H]12. The summed E-state index contributed by atoms with van der Waals surface area (Å²) in [6, 6.07) is 0. The predicted molar refractivity (Wildman–Crippen MR) is 87.0 cm³/mol. The Balaban J connectivity index is 1.71. The molecule has 0 aromatic heterocycles. The predicted octanol–water partition coefficient (Wildman–Crippen LogP) is 4.22. The second-order valence-corrected chi connectivity index (χ2v) is 9.10. The van der Waals surface area contributed by atoms with Gasteiger partial charge < -0.3 is 10.3 Å². The molecule has 4 fully saturated rings. The molecule has 7 atom stereocenters. The Bertz CT molecular complexity index is 490. The molecular weight excluding hydrogens is 274 g/mol. The zero-order chi connectivity index (χ0) is 15.5. The topological polar surface area (TPSA) is 52.8 Å². The third kappa shape index (κ3) is 1.81. The van der Waals surface area contributed by atoms with E-state index in [0.29, 0.717) is 23.2 Å². The molecule has 4 saturated carbocycles. The molecule has 0 heterocycles. The number of hydrogen-bond acceptors (Lipinski definition) is 3. The normalized spacial score (nSPS) is 56.3. The van der Waals surface area contributed by atoms with Crippen LogP contribution >= 0.6 is 0 Å². The van der Waals surface area contributed by atoms with Gasteiger partial charge in [-0.25, -0.2) is 0 Å². The Labute approximate surface area is 134 Å². The summed E-state index contributed by atoms with van der Waals surface area (Å²) in [6.45, 7) is 4.73. The van der Waals surface area contributed by atoms with Crippen LogP contribution in [0.3, 0.4) is 0 Å². The Morgan fingerprint density at radius 3 is 2.68 bits per heavy atom. The van der Waals surface area contributed by atoms with Crippen LogP contribution in [-0.4, -0.2) is 22.1 Å². The maximum atomic E-state index is 11.1. The summed E-state index contributed by atoms with van der Waals surface area (Å²) in [5.74, 6) is 2.55. The Kier molecular flexibility index (Phi) is 3.38. The van der Waals surface area contributed by atoms with Crippen LogP contribution in [0.2, 0.25) is 0 Å². The van der Waals surface area contributed by atoms with Crippen molar-refractivity contribution >= 4 is 5.71 Å². The van der Waals surface area contributed by atoms with Gasteiger partial charge in [0, 0.05) is 5.41 Å². The van der Waals surface area contributed by atoms with Crippen molar-refractivity contribution in [2.45, 2.75) is 77.7 Å². The number of nitrogens with zero attached hydrogens (tertiary/aromatic N) is 1. The molecule has 0 aromatic carbocycles. The lowest BCUT2D eigenvalue weighted by Gasteiger charge is -2.61. The number of hydrogen-bond donors (Lipinski definition) is 2. The van der Waals surface area contributed by atoms with E-state index < -0.39 is 0 Å². The van der Waals surface area contributed by atoms with E-state index in [0.717, 1.165) is 30.9 Å². The summed E-state index contributed by atoms with van der Waals surface area (Å²) in [5.41, 5.74) is 1.24. The van der Waals surface area contributed by atoms with Gasteiger partial charge in [-0.05, 0) is 74.0 Å². The number of aliphatic hydroxyl groups is 1. The van der Waals surface area contributed by atoms with E-state index >= 15 is 0 Å². The largest absolute Gasteiger partial charge is 0.411 e. The first kappa shape index (κ1) is 15.0. The smallest absolute Gasteiger partial charge is 0.0633 e. The van der Waals surface area contributed by atoms with E-state index in [1.807, 2.05) is 0 Å². The highest BCUT2D eigenvalue weighted by molar-refractivity contribution is 5.92. The van der Waals surface area contributed by atoms with Crippen molar-refractivity contribution in [3.05, 3.63) is 0 Å². The summed E-state index contributed by atoms with van der Waals surface area (Å²) in [7, 11) is 0. The molecule has 0 spiro atoms. The van der Waals surface area contributed by atoms with Crippen LogP contribution in [0.15, 0.2) is 5.16 Å². The highest BCUT2D eigenvalue weighted by Gasteiger charge is 2.62. The Hall–Kier alpha value is -0.570. The molecule has 0 radical (unpaired) electrons. The van der Waals surface area contributed by atoms with Crippen LogP contribution in [0.4, 0.5) is 0 Å². The minimum atomic E-state index is -0.216. The highest BCUT2D eigenvalue weighted by Crippen LogP contribution is 2.65. The number of fused-ring (bicyclic) bond motifs is 5. The van der Waals surface area contributed by atoms with Gasteiger partial charge in [0.25, 0.3) is 0 Å². The molecule has 22 heavy (non-hydrogen) atoms. The van der Waals surface area contributed by atoms with Gasteiger partial charge in [-0.15, -0.1) is 0 Å². The van der Waals surface area contributed by atoms with E-state index in [1.54, 1.807) is 0 Å². The summed E-state index contributed by atoms with van der Waals surface area (Å²) in [4.78, 5) is 0. The molecule has 0 aromatic rings. The lowest BCUT2D eigenvalue weighted by molar-refractivity contribution is -0.153. The van der Waals surface area contributed by atoms with Crippen LogP contribution in [0.5, 0.6) is 0 Å². The zero-order valence-electron chi connectivity index (χ0n) is 14.1. The highest BCUT2D eigenvalue weighted by atomic mass is 16.4. The van der Waals surface area contributed by atoms with Crippen LogP contribution in [0.25, 0.3) is 0 Å². The van der Waals surface area contributed by atoms with Crippen LogP contribution < -0.4 is 0 Å². The number of oxime groups is 1. The molecule has 3 nitrogen and oxygen atoms in total. The second kappa shape index (κ2) is 4.96. The lowest BCUT2D eigenvalue weighted by atomic mass is 9.44. The van der Waals surface area contributed by atoms with Gasteiger partial charge in [-0.2, -0.15) is 0 Å². The Morgan fingerprint density at radius 1 is 1.09 bits per heavy atom. The fraction of sp³-hybridized carbons (Fsp3) is 0.947. The average molecular weight is 305 g/mol. The summed E-state index contributed by atoms with van der Waals surface area (Å²) >= 11 is 0. The van der Waals surface area contributed by atoms with Crippen molar-refractivity contribution in [1.82, 2.24) is 0 Å². The van der Waals surface area contributed by atoms with Crippen LogP contribution in [0.1, 0.15) is 71.6 Å². The Morgan fingerprint density at radius 2 is 1.91 bits per heavy atom. The fourth-order valence-electron chi connectivity index (χ4n) is 7.37. The lowest BCUT2D eigenvalue weighted by Crippen LogP contribution is -2.58. The van der Waals surface area contributed by atoms with Crippen molar-refractivity contribution in [3.63, 3.8) is 0 Å². The molecule has 4 rings (SSSR count). The van der Waals surface area contributed by atoms with Crippen molar-refractivity contribution < 1.29 is 10.3 Å². The molecule has 124 valence electrons. The molecule has 0 saturated heterocycles. The molecule has 0 unspecified atom stereocenters. The maximum Gasteiger partial charge on any atom is 0.0633 e. The zero-order valence-corrected chi connectivity index (χ0v) is 14.1. The van der Waals surface area contributed by atoms with Gasteiger partial charge in [-0.1, -0.05) is 31.8 Å². The molecule has 0 amide bonds. The van der Waals surface area contributed by atoms with Gasteiger partial charge in [0.15, 0.2) is 0 Å². The monoisotopic (exact) mass is 305 g/mol.